The van der Waals surface area contributed by atoms with E-state index < -0.39 is 11.6 Å². The zero-order chi connectivity index (χ0) is 22.1. The van der Waals surface area contributed by atoms with Crippen LogP contribution in [0.15, 0.2) is 18.2 Å². The number of carbonyl (C=O) groups excluding carboxylic acids is 2. The minimum atomic E-state index is -0.778. The molecule has 1 N–H and O–H groups in total. The van der Waals surface area contributed by atoms with Crippen LogP contribution < -0.4 is 10.2 Å². The monoisotopic (exact) mass is 448 g/mol. The number of nitrogens with one attached hydrogen (secondary N) is 1. The van der Waals surface area contributed by atoms with Crippen LogP contribution in [0.1, 0.15) is 30.8 Å². The molecule has 1 atom stereocenters. The predicted octanol–water partition coefficient (Wildman–Crippen LogP) is 3.47. The Hall–Kier alpha value is -2.55. The standard InChI is InChI=1S/C22H26F2N4O2S/c1-13(2)21(30)27-7-9-28(10-8-27)22-26-18-5-3-14(11-19(18)31-22)20(29)25-17-6-4-15(23)12-16(17)24/h4,6,12-14H,3,5,7-11H2,1-2H3,(H,25,29)/t14-/m0/s1. The molecule has 0 spiro atoms. The Morgan fingerprint density at radius 3 is 2.61 bits per heavy atom. The van der Waals surface area contributed by atoms with E-state index in [9.17, 15) is 18.4 Å². The number of aryl methyl sites for hydroxylation is 1. The van der Waals surface area contributed by atoms with Crippen LogP contribution in [0.2, 0.25) is 0 Å². The predicted molar refractivity (Wildman–Crippen MR) is 116 cm³/mol. The van der Waals surface area contributed by atoms with Gasteiger partial charge in [-0.3, -0.25) is 9.59 Å². The lowest BCUT2D eigenvalue weighted by molar-refractivity contribution is -0.134. The maximum atomic E-state index is 13.9. The molecular formula is C22H26F2N4O2S. The van der Waals surface area contributed by atoms with Crippen LogP contribution in [0.5, 0.6) is 0 Å². The van der Waals surface area contributed by atoms with Crippen LogP contribution in [0, 0.1) is 23.5 Å². The van der Waals surface area contributed by atoms with E-state index >= 15 is 0 Å². The molecule has 1 aromatic carbocycles. The van der Waals surface area contributed by atoms with Crippen molar-refractivity contribution < 1.29 is 18.4 Å². The zero-order valence-corrected chi connectivity index (χ0v) is 18.5. The number of halogens is 2. The Morgan fingerprint density at radius 1 is 1.19 bits per heavy atom. The Bertz CT molecular complexity index is 986. The van der Waals surface area contributed by atoms with Gasteiger partial charge in [-0.2, -0.15) is 0 Å². The van der Waals surface area contributed by atoms with Crippen molar-refractivity contribution in [2.45, 2.75) is 33.1 Å². The van der Waals surface area contributed by atoms with E-state index in [1.807, 2.05) is 18.7 Å². The molecule has 2 heterocycles. The highest BCUT2D eigenvalue weighted by Crippen LogP contribution is 2.35. The Balaban J connectivity index is 1.37. The average molecular weight is 449 g/mol. The van der Waals surface area contributed by atoms with Crippen LogP contribution in [0.4, 0.5) is 19.6 Å². The Morgan fingerprint density at radius 2 is 1.94 bits per heavy atom. The number of benzene rings is 1. The minimum Gasteiger partial charge on any atom is -0.345 e. The molecule has 1 aliphatic carbocycles. The van der Waals surface area contributed by atoms with Crippen molar-refractivity contribution in [3.8, 4) is 0 Å². The molecule has 1 aliphatic heterocycles. The first-order valence-corrected chi connectivity index (χ1v) is 11.4. The van der Waals surface area contributed by atoms with Gasteiger partial charge < -0.3 is 15.1 Å². The van der Waals surface area contributed by atoms with Gasteiger partial charge in [0.15, 0.2) is 5.13 Å². The van der Waals surface area contributed by atoms with Gasteiger partial charge in [0.25, 0.3) is 0 Å². The lowest BCUT2D eigenvalue weighted by atomic mass is 9.90. The van der Waals surface area contributed by atoms with E-state index in [4.69, 9.17) is 4.98 Å². The summed E-state index contributed by atoms with van der Waals surface area (Å²) in [6.07, 6.45) is 1.90. The van der Waals surface area contributed by atoms with Gasteiger partial charge in [0.1, 0.15) is 11.6 Å². The topological polar surface area (TPSA) is 65.5 Å². The van der Waals surface area contributed by atoms with Gasteiger partial charge in [-0.05, 0) is 31.4 Å². The van der Waals surface area contributed by atoms with Gasteiger partial charge in [-0.15, -0.1) is 11.3 Å². The Kier molecular flexibility index (Phi) is 6.22. The normalized spacial score (nSPS) is 18.8. The van der Waals surface area contributed by atoms with Crippen LogP contribution in [-0.4, -0.2) is 47.9 Å². The zero-order valence-electron chi connectivity index (χ0n) is 17.7. The number of carbonyl (C=O) groups is 2. The quantitative estimate of drug-likeness (QED) is 0.778. The third kappa shape index (κ3) is 4.71. The smallest absolute Gasteiger partial charge is 0.227 e. The first kappa shape index (κ1) is 21.7. The van der Waals surface area contributed by atoms with Crippen molar-refractivity contribution in [1.82, 2.24) is 9.88 Å². The number of amides is 2. The summed E-state index contributed by atoms with van der Waals surface area (Å²) in [6.45, 7) is 6.71. The maximum absolute atomic E-state index is 13.9. The molecule has 4 rings (SSSR count). The molecule has 31 heavy (non-hydrogen) atoms. The van der Waals surface area contributed by atoms with E-state index in [0.717, 1.165) is 40.9 Å². The number of hydrogen-bond acceptors (Lipinski definition) is 5. The van der Waals surface area contributed by atoms with E-state index in [2.05, 4.69) is 10.2 Å². The minimum absolute atomic E-state index is 0.00370. The molecule has 9 heteroatoms. The number of rotatable bonds is 4. The van der Waals surface area contributed by atoms with Crippen molar-refractivity contribution in [1.29, 1.82) is 0 Å². The molecule has 0 saturated carbocycles. The van der Waals surface area contributed by atoms with E-state index in [1.165, 1.54) is 6.07 Å². The number of hydrogen-bond donors (Lipinski definition) is 1. The van der Waals surface area contributed by atoms with Gasteiger partial charge in [-0.1, -0.05) is 13.8 Å². The molecule has 6 nitrogen and oxygen atoms in total. The summed E-state index contributed by atoms with van der Waals surface area (Å²) in [4.78, 5) is 34.8. The average Bonchev–Trinajstić information content (AvgIpc) is 3.18. The summed E-state index contributed by atoms with van der Waals surface area (Å²) in [5, 5.41) is 3.53. The summed E-state index contributed by atoms with van der Waals surface area (Å²) in [5.74, 6) is -1.79. The highest BCUT2D eigenvalue weighted by Gasteiger charge is 2.30. The second kappa shape index (κ2) is 8.90. The summed E-state index contributed by atoms with van der Waals surface area (Å²) in [7, 11) is 0. The second-order valence-electron chi connectivity index (χ2n) is 8.39. The highest BCUT2D eigenvalue weighted by molar-refractivity contribution is 7.15. The van der Waals surface area contributed by atoms with Crippen molar-refractivity contribution >= 4 is 34.0 Å². The second-order valence-corrected chi connectivity index (χ2v) is 9.45. The van der Waals surface area contributed by atoms with Crippen LogP contribution >= 0.6 is 11.3 Å². The summed E-state index contributed by atoms with van der Waals surface area (Å²) < 4.78 is 26.9. The molecule has 2 aromatic rings. The van der Waals surface area contributed by atoms with Crippen LogP contribution in [-0.2, 0) is 22.4 Å². The maximum Gasteiger partial charge on any atom is 0.227 e. The number of thiazole rings is 1. The third-order valence-electron chi connectivity index (χ3n) is 5.84. The lowest BCUT2D eigenvalue weighted by Crippen LogP contribution is -2.49. The Labute approximate surface area is 184 Å². The summed E-state index contributed by atoms with van der Waals surface area (Å²) in [6, 6.07) is 3.13. The van der Waals surface area contributed by atoms with Gasteiger partial charge in [0.2, 0.25) is 11.8 Å². The SMILES string of the molecule is CC(C)C(=O)N1CCN(c2nc3c(s2)C[C@@H](C(=O)Nc2ccc(F)cc2F)CC3)CC1. The number of piperazine rings is 1. The molecule has 166 valence electrons. The van der Waals surface area contributed by atoms with Crippen LogP contribution in [0.25, 0.3) is 0 Å². The fourth-order valence-corrected chi connectivity index (χ4v) is 5.27. The molecular weight excluding hydrogens is 422 g/mol. The molecule has 1 fully saturated rings. The first-order valence-electron chi connectivity index (χ1n) is 10.6. The number of anilines is 2. The number of fused-ring (bicyclic) bond motifs is 1. The number of nitrogens with zero attached hydrogens (tertiary/aromatic N) is 3. The van der Waals surface area contributed by atoms with Crippen molar-refractivity contribution in [3.05, 3.63) is 40.4 Å². The molecule has 1 saturated heterocycles. The molecule has 2 amide bonds. The van der Waals surface area contributed by atoms with Gasteiger partial charge in [0.05, 0.1) is 11.4 Å². The van der Waals surface area contributed by atoms with Gasteiger partial charge in [0, 0.05) is 49.0 Å². The fourth-order valence-electron chi connectivity index (χ4n) is 4.03. The molecule has 2 aliphatic rings. The van der Waals surface area contributed by atoms with E-state index in [1.54, 1.807) is 11.3 Å². The third-order valence-corrected chi connectivity index (χ3v) is 7.02. The highest BCUT2D eigenvalue weighted by atomic mass is 32.1. The van der Waals surface area contributed by atoms with Crippen molar-refractivity contribution in [3.63, 3.8) is 0 Å². The van der Waals surface area contributed by atoms with Gasteiger partial charge in [-0.25, -0.2) is 13.8 Å². The fraction of sp³-hybridized carbons (Fsp3) is 0.500. The summed E-state index contributed by atoms with van der Waals surface area (Å²) in [5.41, 5.74) is 1.02. The van der Waals surface area contributed by atoms with Gasteiger partial charge >= 0.3 is 0 Å². The van der Waals surface area contributed by atoms with E-state index in [-0.39, 0.29) is 29.3 Å². The molecule has 0 radical (unpaired) electrons. The molecule has 1 aromatic heterocycles. The number of aromatic nitrogens is 1. The molecule has 0 bridgehead atoms. The van der Waals surface area contributed by atoms with Crippen LogP contribution in [0.3, 0.4) is 0 Å². The summed E-state index contributed by atoms with van der Waals surface area (Å²) >= 11 is 1.60. The lowest BCUT2D eigenvalue weighted by Gasteiger charge is -2.35. The van der Waals surface area contributed by atoms with E-state index in [0.29, 0.717) is 32.4 Å². The largest absolute Gasteiger partial charge is 0.345 e. The van der Waals surface area contributed by atoms with Crippen molar-refractivity contribution in [2.75, 3.05) is 36.4 Å². The first-order chi connectivity index (χ1) is 14.8. The molecule has 0 unspecified atom stereocenters. The van der Waals surface area contributed by atoms with Crippen molar-refractivity contribution in [2.24, 2.45) is 11.8 Å².